The van der Waals surface area contributed by atoms with E-state index in [-0.39, 0.29) is 12.5 Å². The molecule has 0 saturated heterocycles. The van der Waals surface area contributed by atoms with Crippen LogP contribution in [0.3, 0.4) is 0 Å². The molecule has 1 aromatic rings. The van der Waals surface area contributed by atoms with Crippen LogP contribution in [0.25, 0.3) is 0 Å². The first kappa shape index (κ1) is 13.0. The first-order valence-electron chi connectivity index (χ1n) is 5.38. The number of rotatable bonds is 5. The van der Waals surface area contributed by atoms with Crippen molar-refractivity contribution in [3.63, 3.8) is 0 Å². The van der Waals surface area contributed by atoms with Crippen LogP contribution in [-0.4, -0.2) is 22.1 Å². The Morgan fingerprint density at radius 1 is 1.65 bits per heavy atom. The van der Waals surface area contributed by atoms with Gasteiger partial charge in [-0.2, -0.15) is 5.26 Å². The fraction of sp³-hybridized carbons (Fsp3) is 0.417. The minimum Gasteiger partial charge on any atom is -0.481 e. The number of nitrogens with one attached hydrogen (secondary N) is 1. The molecular weight excluding hydrogens is 218 g/mol. The third-order valence-corrected chi connectivity index (χ3v) is 2.27. The van der Waals surface area contributed by atoms with Gasteiger partial charge in [0.15, 0.2) is 0 Å². The zero-order valence-corrected chi connectivity index (χ0v) is 9.90. The van der Waals surface area contributed by atoms with Gasteiger partial charge in [-0.25, -0.2) is 4.98 Å². The van der Waals surface area contributed by atoms with Crippen LogP contribution in [0.15, 0.2) is 12.1 Å². The maximum Gasteiger partial charge on any atom is 0.303 e. The molecule has 0 aliphatic rings. The highest BCUT2D eigenvalue weighted by Gasteiger charge is 2.07. The summed E-state index contributed by atoms with van der Waals surface area (Å²) in [4.78, 5) is 14.7. The van der Waals surface area contributed by atoms with E-state index in [0.29, 0.717) is 17.8 Å². The topological polar surface area (TPSA) is 86.0 Å². The van der Waals surface area contributed by atoms with Gasteiger partial charge < -0.3 is 10.4 Å². The summed E-state index contributed by atoms with van der Waals surface area (Å²) < 4.78 is 0. The van der Waals surface area contributed by atoms with Crippen LogP contribution in [0.5, 0.6) is 0 Å². The SMILES string of the molecule is Cc1cc(C#N)cc(NC(C)CCC(=O)O)n1. The molecule has 1 rings (SSSR count). The van der Waals surface area contributed by atoms with Gasteiger partial charge in [-0.3, -0.25) is 4.79 Å². The number of aromatic nitrogens is 1. The molecule has 0 saturated carbocycles. The Morgan fingerprint density at radius 2 is 2.35 bits per heavy atom. The van der Waals surface area contributed by atoms with Gasteiger partial charge in [0.1, 0.15) is 5.82 Å². The average Bonchev–Trinajstić information content (AvgIpc) is 2.25. The van der Waals surface area contributed by atoms with Gasteiger partial charge in [0.05, 0.1) is 11.6 Å². The lowest BCUT2D eigenvalue weighted by Crippen LogP contribution is -2.17. The molecule has 2 N–H and O–H groups in total. The van der Waals surface area contributed by atoms with Crippen LogP contribution >= 0.6 is 0 Å². The largest absolute Gasteiger partial charge is 0.481 e. The van der Waals surface area contributed by atoms with Crippen LogP contribution in [0.1, 0.15) is 31.0 Å². The summed E-state index contributed by atoms with van der Waals surface area (Å²) in [6.45, 7) is 3.70. The average molecular weight is 233 g/mol. The molecule has 5 nitrogen and oxygen atoms in total. The van der Waals surface area contributed by atoms with E-state index >= 15 is 0 Å². The Labute approximate surface area is 100 Å². The van der Waals surface area contributed by atoms with Crippen molar-refractivity contribution in [2.45, 2.75) is 32.7 Å². The summed E-state index contributed by atoms with van der Waals surface area (Å²) in [5, 5.41) is 20.5. The molecule has 1 atom stereocenters. The molecule has 0 bridgehead atoms. The molecule has 0 aliphatic heterocycles. The number of carboxylic acids is 1. The van der Waals surface area contributed by atoms with Gasteiger partial charge in [0.2, 0.25) is 0 Å². The van der Waals surface area contributed by atoms with E-state index in [1.807, 2.05) is 13.8 Å². The smallest absolute Gasteiger partial charge is 0.303 e. The van der Waals surface area contributed by atoms with Gasteiger partial charge in [-0.15, -0.1) is 0 Å². The Kier molecular flexibility index (Phi) is 4.46. The van der Waals surface area contributed by atoms with Crippen molar-refractivity contribution in [2.24, 2.45) is 0 Å². The summed E-state index contributed by atoms with van der Waals surface area (Å²) in [6.07, 6.45) is 0.637. The molecule has 1 heterocycles. The zero-order chi connectivity index (χ0) is 12.8. The number of carbonyl (C=O) groups is 1. The molecule has 1 aromatic heterocycles. The maximum atomic E-state index is 10.4. The summed E-state index contributed by atoms with van der Waals surface area (Å²) in [5.41, 5.74) is 1.31. The zero-order valence-electron chi connectivity index (χ0n) is 9.90. The van der Waals surface area contributed by atoms with Crippen LogP contribution in [0.4, 0.5) is 5.82 Å². The van der Waals surface area contributed by atoms with Crippen molar-refractivity contribution in [3.8, 4) is 6.07 Å². The first-order valence-corrected chi connectivity index (χ1v) is 5.38. The van der Waals surface area contributed by atoms with Gasteiger partial charge in [-0.05, 0) is 32.4 Å². The van der Waals surface area contributed by atoms with Crippen molar-refractivity contribution in [1.82, 2.24) is 4.98 Å². The standard InChI is InChI=1S/C12H15N3O2/c1-8(3-4-12(16)17)14-11-6-10(7-13)5-9(2)15-11/h5-6,8H,3-4H2,1-2H3,(H,14,15)(H,16,17). The molecule has 0 aromatic carbocycles. The third kappa shape index (κ3) is 4.51. The molecule has 90 valence electrons. The van der Waals surface area contributed by atoms with E-state index in [9.17, 15) is 4.79 Å². The second kappa shape index (κ2) is 5.85. The van der Waals surface area contributed by atoms with Crippen molar-refractivity contribution < 1.29 is 9.90 Å². The van der Waals surface area contributed by atoms with Crippen LogP contribution in [0.2, 0.25) is 0 Å². The van der Waals surface area contributed by atoms with E-state index in [0.717, 1.165) is 5.69 Å². The monoisotopic (exact) mass is 233 g/mol. The van der Waals surface area contributed by atoms with Gasteiger partial charge >= 0.3 is 5.97 Å². The van der Waals surface area contributed by atoms with Crippen LogP contribution < -0.4 is 5.32 Å². The first-order chi connectivity index (χ1) is 8.01. The number of carboxylic acid groups (broad SMARTS) is 1. The number of nitriles is 1. The molecular formula is C12H15N3O2. The molecule has 0 aliphatic carbocycles. The number of aryl methyl sites for hydroxylation is 1. The predicted molar refractivity (Wildman–Crippen MR) is 63.6 cm³/mol. The number of hydrogen-bond acceptors (Lipinski definition) is 4. The Bertz CT molecular complexity index is 452. The van der Waals surface area contributed by atoms with Gasteiger partial charge in [0.25, 0.3) is 0 Å². The fourth-order valence-electron chi connectivity index (χ4n) is 1.47. The Morgan fingerprint density at radius 3 is 2.94 bits per heavy atom. The molecule has 17 heavy (non-hydrogen) atoms. The van der Waals surface area contributed by atoms with E-state index < -0.39 is 5.97 Å². The lowest BCUT2D eigenvalue weighted by atomic mass is 10.2. The van der Waals surface area contributed by atoms with Gasteiger partial charge in [0, 0.05) is 18.2 Å². The lowest BCUT2D eigenvalue weighted by Gasteiger charge is -2.13. The molecule has 0 spiro atoms. The van der Waals surface area contributed by atoms with Crippen molar-refractivity contribution in [2.75, 3.05) is 5.32 Å². The summed E-state index contributed by atoms with van der Waals surface area (Å²) >= 11 is 0. The fourth-order valence-corrected chi connectivity index (χ4v) is 1.47. The predicted octanol–water partition coefficient (Wildman–Crippen LogP) is 1.93. The highest BCUT2D eigenvalue weighted by molar-refractivity contribution is 5.66. The molecule has 1 unspecified atom stereocenters. The van der Waals surface area contributed by atoms with E-state index in [2.05, 4.69) is 16.4 Å². The highest BCUT2D eigenvalue weighted by Crippen LogP contribution is 2.12. The second-order valence-corrected chi connectivity index (χ2v) is 3.97. The van der Waals surface area contributed by atoms with Crippen molar-refractivity contribution >= 4 is 11.8 Å². The Balaban J connectivity index is 2.65. The molecule has 5 heteroatoms. The van der Waals surface area contributed by atoms with Crippen LogP contribution in [0, 0.1) is 18.3 Å². The third-order valence-electron chi connectivity index (χ3n) is 2.27. The highest BCUT2D eigenvalue weighted by atomic mass is 16.4. The lowest BCUT2D eigenvalue weighted by molar-refractivity contribution is -0.137. The normalized spacial score (nSPS) is 11.6. The number of nitrogens with zero attached hydrogens (tertiary/aromatic N) is 2. The Hall–Kier alpha value is -2.09. The molecule has 0 radical (unpaired) electrons. The number of aliphatic carboxylic acids is 1. The van der Waals surface area contributed by atoms with E-state index in [1.165, 1.54) is 0 Å². The number of hydrogen-bond donors (Lipinski definition) is 2. The van der Waals surface area contributed by atoms with Crippen molar-refractivity contribution in [3.05, 3.63) is 23.4 Å². The number of anilines is 1. The quantitative estimate of drug-likeness (QED) is 0.811. The van der Waals surface area contributed by atoms with Crippen LogP contribution in [-0.2, 0) is 4.79 Å². The minimum absolute atomic E-state index is 0.00643. The second-order valence-electron chi connectivity index (χ2n) is 3.97. The molecule has 0 fully saturated rings. The van der Waals surface area contributed by atoms with E-state index in [4.69, 9.17) is 10.4 Å². The minimum atomic E-state index is -0.812. The maximum absolute atomic E-state index is 10.4. The van der Waals surface area contributed by atoms with Gasteiger partial charge in [-0.1, -0.05) is 0 Å². The molecule has 0 amide bonds. The summed E-state index contributed by atoms with van der Waals surface area (Å²) in [6, 6.07) is 5.42. The summed E-state index contributed by atoms with van der Waals surface area (Å²) in [7, 11) is 0. The number of pyridine rings is 1. The van der Waals surface area contributed by atoms with Crippen molar-refractivity contribution in [1.29, 1.82) is 5.26 Å². The van der Waals surface area contributed by atoms with E-state index in [1.54, 1.807) is 12.1 Å². The summed E-state index contributed by atoms with van der Waals surface area (Å²) in [5.74, 6) is -0.201.